The highest BCUT2D eigenvalue weighted by Gasteiger charge is 2.27. The monoisotopic (exact) mass is 408 g/mol. The molecule has 2 unspecified atom stereocenters. The number of hydrogen-bond acceptors (Lipinski definition) is 8. The molecule has 9 nitrogen and oxygen atoms in total. The van der Waals surface area contributed by atoms with Crippen LogP contribution in [-0.4, -0.2) is 38.2 Å². The summed E-state index contributed by atoms with van der Waals surface area (Å²) in [6.07, 6.45) is 2.91. The molecule has 0 aliphatic carbocycles. The van der Waals surface area contributed by atoms with Crippen LogP contribution in [0.3, 0.4) is 0 Å². The van der Waals surface area contributed by atoms with E-state index >= 15 is 0 Å². The van der Waals surface area contributed by atoms with E-state index in [4.69, 9.17) is 20.6 Å². The van der Waals surface area contributed by atoms with Gasteiger partial charge in [-0.3, -0.25) is 5.41 Å². The van der Waals surface area contributed by atoms with Gasteiger partial charge in [0.2, 0.25) is 0 Å². The molecule has 30 heavy (non-hydrogen) atoms. The molecule has 0 spiro atoms. The highest BCUT2D eigenvalue weighted by Crippen LogP contribution is 2.36. The van der Waals surface area contributed by atoms with Crippen LogP contribution in [0.4, 0.5) is 5.82 Å². The van der Waals surface area contributed by atoms with Crippen molar-refractivity contribution in [3.63, 3.8) is 0 Å². The Hall–Kier alpha value is -3.49. The minimum absolute atomic E-state index is 0.0549. The fourth-order valence-electron chi connectivity index (χ4n) is 3.71. The third kappa shape index (κ3) is 3.26. The second-order valence-corrected chi connectivity index (χ2v) is 7.28. The van der Waals surface area contributed by atoms with Crippen molar-refractivity contribution in [2.75, 3.05) is 12.3 Å². The number of ether oxygens (including phenoxy) is 2. The molecule has 156 valence electrons. The first-order chi connectivity index (χ1) is 14.4. The highest BCUT2D eigenvalue weighted by molar-refractivity contribution is 5.99. The SMILES string of the molecule is CCOC(=O)C(C)n1nc(-c2ccc3c(c2)CC(CC)C(=N)O3)c2c(N)ncnc21. The van der Waals surface area contributed by atoms with E-state index < -0.39 is 12.0 Å². The first kappa shape index (κ1) is 19.8. The van der Waals surface area contributed by atoms with Crippen molar-refractivity contribution in [3.05, 3.63) is 30.1 Å². The Morgan fingerprint density at radius 1 is 1.40 bits per heavy atom. The molecule has 2 aromatic heterocycles. The summed E-state index contributed by atoms with van der Waals surface area (Å²) in [5, 5.41) is 13.3. The van der Waals surface area contributed by atoms with Crippen molar-refractivity contribution < 1.29 is 14.3 Å². The van der Waals surface area contributed by atoms with Gasteiger partial charge in [0.25, 0.3) is 0 Å². The lowest BCUT2D eigenvalue weighted by Gasteiger charge is -2.25. The van der Waals surface area contributed by atoms with Crippen LogP contribution in [0.5, 0.6) is 5.75 Å². The molecule has 0 saturated carbocycles. The Morgan fingerprint density at radius 3 is 2.93 bits per heavy atom. The molecule has 2 atom stereocenters. The van der Waals surface area contributed by atoms with Crippen molar-refractivity contribution in [1.29, 1.82) is 5.41 Å². The summed E-state index contributed by atoms with van der Waals surface area (Å²) in [5.41, 5.74) is 9.06. The van der Waals surface area contributed by atoms with Gasteiger partial charge in [0.15, 0.2) is 11.5 Å². The van der Waals surface area contributed by atoms with Crippen LogP contribution in [0.25, 0.3) is 22.3 Å². The van der Waals surface area contributed by atoms with Gasteiger partial charge in [-0.2, -0.15) is 5.10 Å². The summed E-state index contributed by atoms with van der Waals surface area (Å²) < 4.78 is 12.4. The Kier molecular flexibility index (Phi) is 5.11. The molecule has 0 amide bonds. The maximum atomic E-state index is 12.3. The first-order valence-electron chi connectivity index (χ1n) is 9.99. The van der Waals surface area contributed by atoms with Gasteiger partial charge >= 0.3 is 5.97 Å². The number of esters is 1. The Labute approximate surface area is 173 Å². The number of nitrogens with one attached hydrogen (secondary N) is 1. The number of hydrogen-bond donors (Lipinski definition) is 2. The molecular formula is C21H24N6O3. The number of aromatic nitrogens is 4. The standard InChI is InChI=1S/C21H24N6O3/c1-4-12-8-14-9-13(6-7-15(14)30-19(12)23)17-16-18(22)24-10-25-20(16)27(26-17)11(3)21(28)29-5-2/h6-7,9-12,23H,4-5,8H2,1-3H3,(H2,22,24,25). The third-order valence-electron chi connectivity index (χ3n) is 5.40. The van der Waals surface area contributed by atoms with Gasteiger partial charge in [0.1, 0.15) is 29.6 Å². The van der Waals surface area contributed by atoms with Crippen LogP contribution in [0, 0.1) is 11.3 Å². The average molecular weight is 408 g/mol. The summed E-state index contributed by atoms with van der Waals surface area (Å²) in [5.74, 6) is 0.933. The Bertz CT molecular complexity index is 1140. The number of rotatable bonds is 5. The zero-order chi connectivity index (χ0) is 21.4. The molecule has 0 saturated heterocycles. The van der Waals surface area contributed by atoms with Gasteiger partial charge in [-0.25, -0.2) is 19.4 Å². The molecule has 1 aliphatic heterocycles. The third-order valence-corrected chi connectivity index (χ3v) is 5.40. The highest BCUT2D eigenvalue weighted by atomic mass is 16.5. The summed E-state index contributed by atoms with van der Waals surface area (Å²) >= 11 is 0. The second kappa shape index (κ2) is 7.74. The zero-order valence-electron chi connectivity index (χ0n) is 17.2. The molecule has 1 aliphatic rings. The van der Waals surface area contributed by atoms with Crippen molar-refractivity contribution in [1.82, 2.24) is 19.7 Å². The van der Waals surface area contributed by atoms with Gasteiger partial charge in [0.05, 0.1) is 12.0 Å². The van der Waals surface area contributed by atoms with Crippen LogP contribution in [-0.2, 0) is 16.0 Å². The summed E-state index contributed by atoms with van der Waals surface area (Å²) in [4.78, 5) is 20.8. The number of nitrogens with zero attached hydrogens (tertiary/aromatic N) is 4. The lowest BCUT2D eigenvalue weighted by atomic mass is 9.92. The number of carbonyl (C=O) groups is 1. The molecule has 9 heteroatoms. The topological polar surface area (TPSA) is 129 Å². The first-order valence-corrected chi connectivity index (χ1v) is 9.99. The minimum Gasteiger partial charge on any atom is -0.464 e. The van der Waals surface area contributed by atoms with Crippen LogP contribution >= 0.6 is 0 Å². The van der Waals surface area contributed by atoms with Gasteiger partial charge in [-0.15, -0.1) is 0 Å². The van der Waals surface area contributed by atoms with Gasteiger partial charge in [-0.1, -0.05) is 6.92 Å². The molecule has 0 fully saturated rings. The predicted octanol–water partition coefficient (Wildman–Crippen LogP) is 3.14. The smallest absolute Gasteiger partial charge is 0.330 e. The van der Waals surface area contributed by atoms with E-state index in [1.165, 1.54) is 11.0 Å². The molecule has 3 aromatic rings. The quantitative estimate of drug-likeness (QED) is 0.620. The van der Waals surface area contributed by atoms with Crippen molar-refractivity contribution in [3.8, 4) is 17.0 Å². The minimum atomic E-state index is -0.665. The van der Waals surface area contributed by atoms with Crippen LogP contribution in [0.2, 0.25) is 0 Å². The van der Waals surface area contributed by atoms with Crippen molar-refractivity contribution >= 4 is 28.7 Å². The normalized spacial score (nSPS) is 16.8. The van der Waals surface area contributed by atoms with E-state index in [1.54, 1.807) is 13.8 Å². The van der Waals surface area contributed by atoms with Gasteiger partial charge in [-0.05, 0) is 50.5 Å². The number of benzene rings is 1. The van der Waals surface area contributed by atoms with E-state index in [-0.39, 0.29) is 12.5 Å². The van der Waals surface area contributed by atoms with Crippen LogP contribution < -0.4 is 10.5 Å². The molecule has 0 bridgehead atoms. The zero-order valence-corrected chi connectivity index (χ0v) is 17.2. The summed E-state index contributed by atoms with van der Waals surface area (Å²) in [6, 6.07) is 5.04. The second-order valence-electron chi connectivity index (χ2n) is 7.28. The largest absolute Gasteiger partial charge is 0.464 e. The lowest BCUT2D eigenvalue weighted by Crippen LogP contribution is -2.26. The van der Waals surface area contributed by atoms with Crippen molar-refractivity contribution in [2.45, 2.75) is 39.7 Å². The Balaban J connectivity index is 1.84. The number of nitrogen functional groups attached to an aromatic ring is 1. The van der Waals surface area contributed by atoms with E-state index in [2.05, 4.69) is 15.1 Å². The fraction of sp³-hybridized carbons (Fsp3) is 0.381. The van der Waals surface area contributed by atoms with E-state index in [1.807, 2.05) is 25.1 Å². The number of fused-ring (bicyclic) bond motifs is 2. The van der Waals surface area contributed by atoms with Crippen LogP contribution in [0.15, 0.2) is 24.5 Å². The van der Waals surface area contributed by atoms with E-state index in [0.717, 1.165) is 24.0 Å². The number of nitrogens with two attached hydrogens (primary N) is 1. The average Bonchev–Trinajstić information content (AvgIpc) is 3.13. The molecule has 4 rings (SSSR count). The summed E-state index contributed by atoms with van der Waals surface area (Å²) in [7, 11) is 0. The molecule has 0 radical (unpaired) electrons. The molecule has 3 N–H and O–H groups in total. The molecule has 1 aromatic carbocycles. The van der Waals surface area contributed by atoms with Gasteiger partial charge < -0.3 is 15.2 Å². The molecular weight excluding hydrogens is 384 g/mol. The lowest BCUT2D eigenvalue weighted by molar-refractivity contribution is -0.146. The maximum absolute atomic E-state index is 12.3. The van der Waals surface area contributed by atoms with E-state index in [9.17, 15) is 4.79 Å². The number of anilines is 1. The summed E-state index contributed by atoms with van der Waals surface area (Å²) in [6.45, 7) is 5.80. The number of carbonyl (C=O) groups excluding carboxylic acids is 1. The van der Waals surface area contributed by atoms with Crippen LogP contribution in [0.1, 0.15) is 38.8 Å². The van der Waals surface area contributed by atoms with E-state index in [0.29, 0.717) is 34.2 Å². The Morgan fingerprint density at radius 2 is 2.20 bits per heavy atom. The van der Waals surface area contributed by atoms with Gasteiger partial charge in [0, 0.05) is 11.5 Å². The molecule has 3 heterocycles. The fourth-order valence-corrected chi connectivity index (χ4v) is 3.71. The maximum Gasteiger partial charge on any atom is 0.330 e. The predicted molar refractivity (Wildman–Crippen MR) is 112 cm³/mol. The van der Waals surface area contributed by atoms with Crippen molar-refractivity contribution in [2.24, 2.45) is 5.92 Å².